The second kappa shape index (κ2) is 10.6. The van der Waals surface area contributed by atoms with Gasteiger partial charge in [0.1, 0.15) is 6.04 Å². The molecule has 3 amide bonds. The fourth-order valence-corrected chi connectivity index (χ4v) is 2.30. The van der Waals surface area contributed by atoms with Gasteiger partial charge in [0, 0.05) is 23.2 Å². The molecule has 9 nitrogen and oxygen atoms in total. The van der Waals surface area contributed by atoms with Gasteiger partial charge < -0.3 is 22.1 Å². The van der Waals surface area contributed by atoms with Gasteiger partial charge in [-0.3, -0.25) is 19.6 Å². The molecule has 0 saturated carbocycles. The Morgan fingerprint density at radius 1 is 1.00 bits per heavy atom. The number of rotatable bonds is 6. The van der Waals surface area contributed by atoms with Crippen LogP contribution in [0.4, 0.5) is 5.69 Å². The van der Waals surface area contributed by atoms with Gasteiger partial charge in [-0.25, -0.2) is 5.48 Å². The molecule has 8 N–H and O–H groups in total. The molecule has 0 bridgehead atoms. The van der Waals surface area contributed by atoms with Gasteiger partial charge in [0.25, 0.3) is 11.8 Å². The third-order valence-electron chi connectivity index (χ3n) is 3.84. The Morgan fingerprint density at radius 3 is 2.31 bits per heavy atom. The van der Waals surface area contributed by atoms with Crippen molar-refractivity contribution in [2.24, 2.45) is 11.5 Å². The zero-order valence-electron chi connectivity index (χ0n) is 15.4. The van der Waals surface area contributed by atoms with Crippen LogP contribution >= 0.6 is 0 Å². The van der Waals surface area contributed by atoms with Crippen molar-refractivity contribution >= 4 is 23.4 Å². The molecule has 2 aromatic carbocycles. The van der Waals surface area contributed by atoms with E-state index in [1.807, 2.05) is 0 Å². The first kappa shape index (κ1) is 21.6. The average molecular weight is 395 g/mol. The summed E-state index contributed by atoms with van der Waals surface area (Å²) < 4.78 is 0. The van der Waals surface area contributed by atoms with Gasteiger partial charge >= 0.3 is 0 Å². The number of benzene rings is 2. The van der Waals surface area contributed by atoms with Crippen LogP contribution < -0.4 is 27.6 Å². The van der Waals surface area contributed by atoms with E-state index in [1.165, 1.54) is 5.48 Å². The molecule has 0 fully saturated rings. The molecule has 0 aromatic heterocycles. The zero-order valence-corrected chi connectivity index (χ0v) is 15.4. The lowest BCUT2D eigenvalue weighted by atomic mass is 10.1. The lowest BCUT2D eigenvalue weighted by Crippen LogP contribution is -2.50. The van der Waals surface area contributed by atoms with E-state index in [0.717, 1.165) is 0 Å². The van der Waals surface area contributed by atoms with Crippen molar-refractivity contribution in [1.29, 1.82) is 0 Å². The second-order valence-corrected chi connectivity index (χ2v) is 5.86. The van der Waals surface area contributed by atoms with Crippen molar-refractivity contribution < 1.29 is 19.6 Å². The normalized spacial score (nSPS) is 10.9. The number of hydroxylamine groups is 1. The van der Waals surface area contributed by atoms with E-state index in [0.29, 0.717) is 22.4 Å². The number of carbonyl (C=O) groups excluding carboxylic acids is 3. The van der Waals surface area contributed by atoms with Gasteiger partial charge in [-0.2, -0.15) is 0 Å². The van der Waals surface area contributed by atoms with E-state index >= 15 is 0 Å². The number of anilines is 1. The molecule has 0 aliphatic carbocycles. The number of amides is 3. The second-order valence-electron chi connectivity index (χ2n) is 5.86. The van der Waals surface area contributed by atoms with Crippen LogP contribution in [0.3, 0.4) is 0 Å². The SMILES string of the molecule is NCC(=O)Nc1ccccc1C#Cc1ccc(C(=O)N[C@@H](CN)C(=O)NO)cc1. The van der Waals surface area contributed by atoms with E-state index in [4.69, 9.17) is 16.7 Å². The number of hydrogen-bond acceptors (Lipinski definition) is 6. The molecule has 0 heterocycles. The molecule has 29 heavy (non-hydrogen) atoms. The Morgan fingerprint density at radius 2 is 1.69 bits per heavy atom. The molecule has 150 valence electrons. The molecule has 0 aliphatic rings. The average Bonchev–Trinajstić information content (AvgIpc) is 2.76. The third-order valence-corrected chi connectivity index (χ3v) is 3.84. The maximum Gasteiger partial charge on any atom is 0.267 e. The lowest BCUT2D eigenvalue weighted by molar-refractivity contribution is -0.130. The molecular formula is C20H21N5O4. The molecule has 9 heteroatoms. The molecule has 0 aliphatic heterocycles. The van der Waals surface area contributed by atoms with Crippen molar-refractivity contribution in [2.75, 3.05) is 18.4 Å². The summed E-state index contributed by atoms with van der Waals surface area (Å²) in [4.78, 5) is 35.1. The predicted octanol–water partition coefficient (Wildman–Crippen LogP) is -0.454. The largest absolute Gasteiger partial charge is 0.339 e. The summed E-state index contributed by atoms with van der Waals surface area (Å²) in [5.74, 6) is 4.29. The molecule has 1 atom stereocenters. The summed E-state index contributed by atoms with van der Waals surface area (Å²) in [7, 11) is 0. The van der Waals surface area contributed by atoms with Crippen molar-refractivity contribution in [2.45, 2.75) is 6.04 Å². The van der Waals surface area contributed by atoms with Crippen LogP contribution in [0.1, 0.15) is 21.5 Å². The number of nitrogens with two attached hydrogens (primary N) is 2. The maximum absolute atomic E-state index is 12.2. The first-order valence-electron chi connectivity index (χ1n) is 8.64. The van der Waals surface area contributed by atoms with E-state index in [-0.39, 0.29) is 19.0 Å². The number of para-hydroxylation sites is 1. The Kier molecular flexibility index (Phi) is 7.88. The summed E-state index contributed by atoms with van der Waals surface area (Å²) >= 11 is 0. The number of hydrogen-bond donors (Lipinski definition) is 6. The Balaban J connectivity index is 2.12. The first-order chi connectivity index (χ1) is 14.0. The first-order valence-corrected chi connectivity index (χ1v) is 8.64. The van der Waals surface area contributed by atoms with Crippen molar-refractivity contribution in [1.82, 2.24) is 10.8 Å². The van der Waals surface area contributed by atoms with E-state index in [1.54, 1.807) is 48.5 Å². The van der Waals surface area contributed by atoms with Gasteiger partial charge in [-0.05, 0) is 36.4 Å². The van der Waals surface area contributed by atoms with E-state index < -0.39 is 17.9 Å². The van der Waals surface area contributed by atoms with Gasteiger partial charge in [-0.1, -0.05) is 24.0 Å². The van der Waals surface area contributed by atoms with E-state index in [2.05, 4.69) is 22.5 Å². The smallest absolute Gasteiger partial charge is 0.267 e. The minimum atomic E-state index is -1.05. The van der Waals surface area contributed by atoms with Crippen LogP contribution in [0, 0.1) is 11.8 Å². The van der Waals surface area contributed by atoms with Crippen molar-refractivity contribution in [3.63, 3.8) is 0 Å². The standard InChI is InChI=1S/C20H21N5O4/c21-11-17(20(28)25-29)24-19(27)15-9-6-13(7-10-15)5-8-14-3-1-2-4-16(14)23-18(26)12-22/h1-4,6-7,9-10,17,29H,11-12,21-22H2,(H,23,26)(H,24,27)(H,25,28)/t17-/m0/s1. The molecule has 2 rings (SSSR count). The molecule has 0 saturated heterocycles. The number of carbonyl (C=O) groups is 3. The highest BCUT2D eigenvalue weighted by Gasteiger charge is 2.19. The summed E-state index contributed by atoms with van der Waals surface area (Å²) in [5, 5.41) is 13.7. The number of nitrogens with one attached hydrogen (secondary N) is 3. The van der Waals surface area contributed by atoms with Crippen LogP contribution in [0.15, 0.2) is 48.5 Å². The fraction of sp³-hybridized carbons (Fsp3) is 0.150. The van der Waals surface area contributed by atoms with Crippen molar-refractivity contribution in [3.05, 3.63) is 65.2 Å². The zero-order chi connectivity index (χ0) is 21.2. The van der Waals surface area contributed by atoms with Crippen LogP contribution in [-0.4, -0.2) is 42.1 Å². The minimum Gasteiger partial charge on any atom is -0.339 e. The highest BCUT2D eigenvalue weighted by atomic mass is 16.5. The van der Waals surface area contributed by atoms with Crippen LogP contribution in [0.5, 0.6) is 0 Å². The Bertz CT molecular complexity index is 947. The van der Waals surface area contributed by atoms with Gasteiger partial charge in [0.05, 0.1) is 12.2 Å². The summed E-state index contributed by atoms with van der Waals surface area (Å²) in [6.45, 7) is -0.294. The quantitative estimate of drug-likeness (QED) is 0.221. The molecular weight excluding hydrogens is 374 g/mol. The highest BCUT2D eigenvalue weighted by molar-refractivity contribution is 5.97. The summed E-state index contributed by atoms with van der Waals surface area (Å²) in [6.07, 6.45) is 0. The van der Waals surface area contributed by atoms with Crippen LogP contribution in [-0.2, 0) is 9.59 Å². The third kappa shape index (κ3) is 6.15. The monoisotopic (exact) mass is 395 g/mol. The fourth-order valence-electron chi connectivity index (χ4n) is 2.30. The van der Waals surface area contributed by atoms with Crippen LogP contribution in [0.2, 0.25) is 0 Å². The molecule has 0 spiro atoms. The van der Waals surface area contributed by atoms with Crippen LogP contribution in [0.25, 0.3) is 0 Å². The predicted molar refractivity (Wildman–Crippen MR) is 107 cm³/mol. The lowest BCUT2D eigenvalue weighted by Gasteiger charge is -2.14. The van der Waals surface area contributed by atoms with Crippen molar-refractivity contribution in [3.8, 4) is 11.8 Å². The Labute approximate surface area is 167 Å². The van der Waals surface area contributed by atoms with E-state index in [9.17, 15) is 14.4 Å². The van der Waals surface area contributed by atoms with Gasteiger partial charge in [0.15, 0.2) is 0 Å². The molecule has 0 radical (unpaired) electrons. The van der Waals surface area contributed by atoms with Gasteiger partial charge in [-0.15, -0.1) is 0 Å². The summed E-state index contributed by atoms with van der Waals surface area (Å²) in [5.41, 5.74) is 14.3. The van der Waals surface area contributed by atoms with Gasteiger partial charge in [0.2, 0.25) is 5.91 Å². The maximum atomic E-state index is 12.2. The molecule has 2 aromatic rings. The highest BCUT2D eigenvalue weighted by Crippen LogP contribution is 2.14. The molecule has 0 unspecified atom stereocenters. The Hall–Kier alpha value is -3.71. The minimum absolute atomic E-state index is 0.129. The summed E-state index contributed by atoms with van der Waals surface area (Å²) in [6, 6.07) is 12.4. The topological polar surface area (TPSA) is 160 Å².